The number of piperidine rings is 2. The van der Waals surface area contributed by atoms with Crippen molar-refractivity contribution in [1.29, 1.82) is 0 Å². The molecule has 0 bridgehead atoms. The fourth-order valence-corrected chi connectivity index (χ4v) is 3.69. The van der Waals surface area contributed by atoms with Crippen LogP contribution in [0.15, 0.2) is 0 Å². The second kappa shape index (κ2) is 8.74. The van der Waals surface area contributed by atoms with Crippen LogP contribution in [0.2, 0.25) is 0 Å². The van der Waals surface area contributed by atoms with Crippen molar-refractivity contribution >= 4 is 5.91 Å². The first kappa shape index (κ1) is 16.8. The van der Waals surface area contributed by atoms with Crippen molar-refractivity contribution in [2.45, 2.75) is 70.9 Å². The van der Waals surface area contributed by atoms with Gasteiger partial charge in [0.1, 0.15) is 0 Å². The van der Waals surface area contributed by atoms with Crippen LogP contribution < -0.4 is 5.32 Å². The Hall–Kier alpha value is -0.610. The number of likely N-dealkylation sites (tertiary alicyclic amines) is 1. The fourth-order valence-electron chi connectivity index (χ4n) is 3.69. The Morgan fingerprint density at radius 1 is 1.24 bits per heavy atom. The molecule has 0 aromatic carbocycles. The number of carbonyl (C=O) groups excluding carboxylic acids is 1. The zero-order chi connectivity index (χ0) is 15.1. The minimum absolute atomic E-state index is 0.339. The van der Waals surface area contributed by atoms with E-state index in [-0.39, 0.29) is 0 Å². The quantitative estimate of drug-likeness (QED) is 0.816. The van der Waals surface area contributed by atoms with Crippen molar-refractivity contribution in [3.05, 3.63) is 0 Å². The van der Waals surface area contributed by atoms with Gasteiger partial charge in [-0.1, -0.05) is 13.3 Å². The lowest BCUT2D eigenvalue weighted by atomic mass is 10.0. The molecule has 0 radical (unpaired) electrons. The monoisotopic (exact) mass is 295 g/mol. The van der Waals surface area contributed by atoms with E-state index in [1.165, 1.54) is 38.5 Å². The van der Waals surface area contributed by atoms with Crippen molar-refractivity contribution in [2.24, 2.45) is 0 Å². The number of hydrogen-bond donors (Lipinski definition) is 1. The van der Waals surface area contributed by atoms with Gasteiger partial charge in [0.2, 0.25) is 5.91 Å². The number of carbonyl (C=O) groups is 1. The van der Waals surface area contributed by atoms with Gasteiger partial charge in [0.05, 0.1) is 6.54 Å². The van der Waals surface area contributed by atoms with Crippen molar-refractivity contribution in [1.82, 2.24) is 15.1 Å². The third-order valence-corrected chi connectivity index (χ3v) is 4.91. The van der Waals surface area contributed by atoms with Gasteiger partial charge in [-0.25, -0.2) is 0 Å². The highest BCUT2D eigenvalue weighted by atomic mass is 16.2. The largest absolute Gasteiger partial charge is 0.339 e. The molecule has 4 nitrogen and oxygen atoms in total. The van der Waals surface area contributed by atoms with Crippen molar-refractivity contribution < 1.29 is 4.79 Å². The Morgan fingerprint density at radius 3 is 2.71 bits per heavy atom. The lowest BCUT2D eigenvalue weighted by Gasteiger charge is -2.36. The second-order valence-corrected chi connectivity index (χ2v) is 6.81. The summed E-state index contributed by atoms with van der Waals surface area (Å²) in [6.07, 6.45) is 8.63. The number of nitrogens with zero attached hydrogens (tertiary/aromatic N) is 2. The van der Waals surface area contributed by atoms with Gasteiger partial charge in [0.15, 0.2) is 0 Å². The molecule has 122 valence electrons. The van der Waals surface area contributed by atoms with Crippen LogP contribution in [-0.4, -0.2) is 60.5 Å². The predicted molar refractivity (Wildman–Crippen MR) is 87.4 cm³/mol. The summed E-state index contributed by atoms with van der Waals surface area (Å²) in [4.78, 5) is 17.1. The molecule has 0 aliphatic carbocycles. The van der Waals surface area contributed by atoms with Crippen molar-refractivity contribution in [3.63, 3.8) is 0 Å². The van der Waals surface area contributed by atoms with E-state index in [0.717, 1.165) is 32.6 Å². The van der Waals surface area contributed by atoms with Crippen molar-refractivity contribution in [2.75, 3.05) is 32.7 Å². The lowest BCUT2D eigenvalue weighted by Crippen LogP contribution is -2.50. The van der Waals surface area contributed by atoms with Gasteiger partial charge in [0.25, 0.3) is 0 Å². The maximum atomic E-state index is 12.6. The van der Waals surface area contributed by atoms with Gasteiger partial charge in [-0.3, -0.25) is 9.69 Å². The van der Waals surface area contributed by atoms with Crippen LogP contribution in [0.4, 0.5) is 0 Å². The summed E-state index contributed by atoms with van der Waals surface area (Å²) < 4.78 is 0. The van der Waals surface area contributed by atoms with E-state index in [1.807, 2.05) is 0 Å². The summed E-state index contributed by atoms with van der Waals surface area (Å²) in [5.41, 5.74) is 0. The molecular formula is C17H33N3O. The average Bonchev–Trinajstić information content (AvgIpc) is 2.49. The van der Waals surface area contributed by atoms with E-state index < -0.39 is 0 Å². The topological polar surface area (TPSA) is 35.6 Å². The maximum Gasteiger partial charge on any atom is 0.236 e. The minimum Gasteiger partial charge on any atom is -0.339 e. The summed E-state index contributed by atoms with van der Waals surface area (Å²) in [5, 5.41) is 3.60. The van der Waals surface area contributed by atoms with Gasteiger partial charge in [0, 0.05) is 25.2 Å². The Labute approximate surface area is 130 Å². The van der Waals surface area contributed by atoms with E-state index in [9.17, 15) is 4.79 Å². The highest BCUT2D eigenvalue weighted by Crippen LogP contribution is 2.17. The summed E-state index contributed by atoms with van der Waals surface area (Å²) in [6.45, 7) is 9.17. The highest BCUT2D eigenvalue weighted by molar-refractivity contribution is 5.78. The number of hydrogen-bond acceptors (Lipinski definition) is 3. The van der Waals surface area contributed by atoms with E-state index in [4.69, 9.17) is 0 Å². The lowest BCUT2D eigenvalue weighted by molar-refractivity contribution is -0.135. The Balaban J connectivity index is 1.83. The van der Waals surface area contributed by atoms with Gasteiger partial charge in [-0.2, -0.15) is 0 Å². The SMILES string of the molecule is CCCN(CC(=O)N1CCCCC1C)CC1CCCCN1. The molecule has 2 atom stereocenters. The molecule has 0 spiro atoms. The van der Waals surface area contributed by atoms with Crippen LogP contribution >= 0.6 is 0 Å². The van der Waals surface area contributed by atoms with E-state index in [2.05, 4.69) is 29.0 Å². The fraction of sp³-hybridized carbons (Fsp3) is 0.941. The number of amides is 1. The van der Waals surface area contributed by atoms with E-state index >= 15 is 0 Å². The second-order valence-electron chi connectivity index (χ2n) is 6.81. The molecule has 2 aliphatic heterocycles. The number of nitrogens with one attached hydrogen (secondary N) is 1. The van der Waals surface area contributed by atoms with E-state index in [0.29, 0.717) is 24.5 Å². The zero-order valence-electron chi connectivity index (χ0n) is 13.9. The molecule has 2 heterocycles. The molecule has 2 saturated heterocycles. The molecule has 0 saturated carbocycles. The minimum atomic E-state index is 0.339. The van der Waals surface area contributed by atoms with E-state index in [1.54, 1.807) is 0 Å². The summed E-state index contributed by atoms with van der Waals surface area (Å²) in [6, 6.07) is 1.01. The Kier molecular flexibility index (Phi) is 6.97. The van der Waals surface area contributed by atoms with Crippen LogP contribution in [0.3, 0.4) is 0 Å². The zero-order valence-corrected chi connectivity index (χ0v) is 13.9. The first-order valence-electron chi connectivity index (χ1n) is 8.96. The smallest absolute Gasteiger partial charge is 0.236 e. The van der Waals surface area contributed by atoms with Crippen LogP contribution in [0, 0.1) is 0 Å². The Bertz CT molecular complexity index is 315. The van der Waals surface area contributed by atoms with Gasteiger partial charge in [-0.05, 0) is 58.5 Å². The highest BCUT2D eigenvalue weighted by Gasteiger charge is 2.25. The van der Waals surface area contributed by atoms with Crippen molar-refractivity contribution in [3.8, 4) is 0 Å². The molecule has 0 aromatic rings. The molecule has 21 heavy (non-hydrogen) atoms. The predicted octanol–water partition coefficient (Wildman–Crippen LogP) is 2.24. The molecule has 2 unspecified atom stereocenters. The van der Waals surface area contributed by atoms with Gasteiger partial charge >= 0.3 is 0 Å². The molecule has 4 heteroatoms. The molecule has 2 fully saturated rings. The summed E-state index contributed by atoms with van der Waals surface area (Å²) in [7, 11) is 0. The normalized spacial score (nSPS) is 27.1. The molecular weight excluding hydrogens is 262 g/mol. The first-order valence-corrected chi connectivity index (χ1v) is 8.96. The van der Waals surface area contributed by atoms with Crippen LogP contribution in [0.5, 0.6) is 0 Å². The molecule has 2 aliphatic rings. The van der Waals surface area contributed by atoms with Crippen LogP contribution in [0.25, 0.3) is 0 Å². The standard InChI is InChI=1S/C17H33N3O/c1-3-11-19(13-16-9-4-6-10-18-16)14-17(21)20-12-7-5-8-15(20)2/h15-16,18H,3-14H2,1-2H3. The summed E-state index contributed by atoms with van der Waals surface area (Å²) >= 11 is 0. The third kappa shape index (κ3) is 5.26. The first-order chi connectivity index (χ1) is 10.2. The molecule has 0 aromatic heterocycles. The van der Waals surface area contributed by atoms with Crippen LogP contribution in [0.1, 0.15) is 58.8 Å². The maximum absolute atomic E-state index is 12.6. The molecule has 1 N–H and O–H groups in total. The van der Waals surface area contributed by atoms with Gasteiger partial charge in [-0.15, -0.1) is 0 Å². The third-order valence-electron chi connectivity index (χ3n) is 4.91. The molecule has 1 amide bonds. The average molecular weight is 295 g/mol. The summed E-state index contributed by atoms with van der Waals surface area (Å²) in [5.74, 6) is 0.339. The number of rotatable bonds is 6. The Morgan fingerprint density at radius 2 is 2.05 bits per heavy atom. The van der Waals surface area contributed by atoms with Gasteiger partial charge < -0.3 is 10.2 Å². The van der Waals surface area contributed by atoms with Crippen LogP contribution in [-0.2, 0) is 4.79 Å². The molecule has 2 rings (SSSR count).